The quantitative estimate of drug-likeness (QED) is 0.873. The molecule has 6 heteroatoms. The van der Waals surface area contributed by atoms with Gasteiger partial charge in [0.2, 0.25) is 5.91 Å². The van der Waals surface area contributed by atoms with Gasteiger partial charge in [0.25, 0.3) is 0 Å². The number of hydrogen-bond donors (Lipinski definition) is 2. The normalized spacial score (nSPS) is 22.3. The minimum atomic E-state index is -1.04. The van der Waals surface area contributed by atoms with Crippen LogP contribution in [0.25, 0.3) is 0 Å². The van der Waals surface area contributed by atoms with Gasteiger partial charge in [-0.05, 0) is 56.2 Å². The van der Waals surface area contributed by atoms with Gasteiger partial charge in [-0.1, -0.05) is 17.7 Å². The van der Waals surface area contributed by atoms with Crippen molar-refractivity contribution >= 4 is 23.5 Å². The number of rotatable bonds is 5. The molecule has 22 heavy (non-hydrogen) atoms. The molecule has 0 heterocycles. The molecule has 0 aliphatic heterocycles. The largest absolute Gasteiger partial charge is 0.480 e. The molecule has 120 valence electrons. The fourth-order valence-corrected chi connectivity index (χ4v) is 3.09. The summed E-state index contributed by atoms with van der Waals surface area (Å²) in [6.45, 7) is 1.45. The molecule has 0 spiro atoms. The van der Waals surface area contributed by atoms with E-state index in [0.717, 1.165) is 24.8 Å². The molecule has 2 N–H and O–H groups in total. The summed E-state index contributed by atoms with van der Waals surface area (Å²) in [6.07, 6.45) is 3.11. The highest BCUT2D eigenvalue weighted by molar-refractivity contribution is 6.30. The molecule has 4 nitrogen and oxygen atoms in total. The number of halogens is 2. The lowest BCUT2D eigenvalue weighted by atomic mass is 9.96. The van der Waals surface area contributed by atoms with E-state index in [1.165, 1.54) is 13.0 Å². The highest BCUT2D eigenvalue weighted by Crippen LogP contribution is 2.34. The fraction of sp³-hybridized carbons (Fsp3) is 0.500. The summed E-state index contributed by atoms with van der Waals surface area (Å²) < 4.78 is 13.1. The molecule has 0 unspecified atom stereocenters. The van der Waals surface area contributed by atoms with Crippen molar-refractivity contribution in [3.8, 4) is 0 Å². The smallest absolute Gasteiger partial charge is 0.325 e. The zero-order valence-corrected chi connectivity index (χ0v) is 13.1. The summed E-state index contributed by atoms with van der Waals surface area (Å²) >= 11 is 5.77. The number of carbonyl (C=O) groups is 2. The highest BCUT2D eigenvalue weighted by atomic mass is 35.5. The Morgan fingerprint density at radius 1 is 1.45 bits per heavy atom. The standard InChI is InChI=1S/C16H19ClFNO3/c1-9(16(21)22)19-15(20)12-4-2-10(7-12)6-11-3-5-14(18)13(17)8-11/h3,5,8-10,12H,2,4,6-7H2,1H3,(H,19,20)(H,21,22)/t9-,10-,12+/m0/s1. The number of benzene rings is 1. The summed E-state index contributed by atoms with van der Waals surface area (Å²) in [6, 6.07) is 3.81. The van der Waals surface area contributed by atoms with Gasteiger partial charge in [-0.3, -0.25) is 9.59 Å². The first-order valence-corrected chi connectivity index (χ1v) is 7.71. The van der Waals surface area contributed by atoms with Crippen LogP contribution < -0.4 is 5.32 Å². The lowest BCUT2D eigenvalue weighted by Gasteiger charge is -2.14. The van der Waals surface area contributed by atoms with E-state index in [2.05, 4.69) is 5.32 Å². The van der Waals surface area contributed by atoms with Crippen molar-refractivity contribution in [1.29, 1.82) is 0 Å². The average Bonchev–Trinajstić information content (AvgIpc) is 2.91. The summed E-state index contributed by atoms with van der Waals surface area (Å²) in [5.41, 5.74) is 0.955. The number of amides is 1. The first-order valence-electron chi connectivity index (χ1n) is 7.34. The van der Waals surface area contributed by atoms with Gasteiger partial charge < -0.3 is 10.4 Å². The number of carboxylic acid groups (broad SMARTS) is 1. The van der Waals surface area contributed by atoms with Gasteiger partial charge in [-0.15, -0.1) is 0 Å². The Labute approximate surface area is 133 Å². The van der Waals surface area contributed by atoms with Gasteiger partial charge in [0.15, 0.2) is 0 Å². The zero-order valence-electron chi connectivity index (χ0n) is 12.3. The second kappa shape index (κ2) is 7.09. The number of aliphatic carboxylic acids is 1. The first-order chi connectivity index (χ1) is 10.4. The van der Waals surface area contributed by atoms with E-state index >= 15 is 0 Å². The van der Waals surface area contributed by atoms with E-state index in [1.54, 1.807) is 12.1 Å². The van der Waals surface area contributed by atoms with E-state index in [4.69, 9.17) is 16.7 Å². The van der Waals surface area contributed by atoms with E-state index in [9.17, 15) is 14.0 Å². The molecule has 1 saturated carbocycles. The van der Waals surface area contributed by atoms with Gasteiger partial charge in [0.05, 0.1) is 5.02 Å². The van der Waals surface area contributed by atoms with Gasteiger partial charge >= 0.3 is 5.97 Å². The third-order valence-corrected chi connectivity index (χ3v) is 4.44. The topological polar surface area (TPSA) is 66.4 Å². The predicted molar refractivity (Wildman–Crippen MR) is 81.2 cm³/mol. The Morgan fingerprint density at radius 2 is 2.18 bits per heavy atom. The zero-order chi connectivity index (χ0) is 16.3. The Balaban J connectivity index is 1.88. The maximum absolute atomic E-state index is 13.1. The van der Waals surface area contributed by atoms with Crippen molar-refractivity contribution in [1.82, 2.24) is 5.32 Å². The van der Waals surface area contributed by atoms with Crippen LogP contribution in [0.5, 0.6) is 0 Å². The second-order valence-corrected chi connectivity index (χ2v) is 6.30. The minimum Gasteiger partial charge on any atom is -0.480 e. The molecule has 1 aliphatic carbocycles. The predicted octanol–water partition coefficient (Wildman–Crippen LogP) is 3.03. The fourth-order valence-electron chi connectivity index (χ4n) is 2.89. The molecular weight excluding hydrogens is 309 g/mol. The Hall–Kier alpha value is -1.62. The highest BCUT2D eigenvalue weighted by Gasteiger charge is 2.31. The summed E-state index contributed by atoms with van der Waals surface area (Å²) in [5, 5.41) is 11.4. The molecule has 1 aliphatic rings. The van der Waals surface area contributed by atoms with E-state index in [-0.39, 0.29) is 16.8 Å². The van der Waals surface area contributed by atoms with Crippen LogP contribution in [0.1, 0.15) is 31.7 Å². The number of hydrogen-bond acceptors (Lipinski definition) is 2. The molecule has 1 aromatic rings. The first kappa shape index (κ1) is 16.7. The Kier molecular flexibility index (Phi) is 5.40. The maximum Gasteiger partial charge on any atom is 0.325 e. The van der Waals surface area contributed by atoms with Crippen molar-refractivity contribution in [2.75, 3.05) is 0 Å². The lowest BCUT2D eigenvalue weighted by molar-refractivity contribution is -0.141. The maximum atomic E-state index is 13.1. The molecular formula is C16H19ClFNO3. The molecule has 1 fully saturated rings. The van der Waals surface area contributed by atoms with Gasteiger partial charge in [0.1, 0.15) is 11.9 Å². The minimum absolute atomic E-state index is 0.111. The average molecular weight is 328 g/mol. The third kappa shape index (κ3) is 4.19. The molecule has 0 saturated heterocycles. The van der Waals surface area contributed by atoms with Crippen molar-refractivity contribution in [3.63, 3.8) is 0 Å². The van der Waals surface area contributed by atoms with Crippen LogP contribution in [0.2, 0.25) is 5.02 Å². The van der Waals surface area contributed by atoms with Crippen LogP contribution in [0.4, 0.5) is 4.39 Å². The molecule has 3 atom stereocenters. The van der Waals surface area contributed by atoms with Crippen molar-refractivity contribution < 1.29 is 19.1 Å². The summed E-state index contributed by atoms with van der Waals surface area (Å²) in [5.74, 6) is -1.49. The summed E-state index contributed by atoms with van der Waals surface area (Å²) in [4.78, 5) is 22.8. The van der Waals surface area contributed by atoms with Crippen LogP contribution in [0.15, 0.2) is 18.2 Å². The lowest BCUT2D eigenvalue weighted by Crippen LogP contribution is -2.41. The van der Waals surface area contributed by atoms with Crippen LogP contribution >= 0.6 is 11.6 Å². The van der Waals surface area contributed by atoms with E-state index < -0.39 is 17.8 Å². The van der Waals surface area contributed by atoms with Crippen LogP contribution in [0, 0.1) is 17.7 Å². The third-order valence-electron chi connectivity index (χ3n) is 4.15. The van der Waals surface area contributed by atoms with Crippen LogP contribution in [-0.2, 0) is 16.0 Å². The molecule has 0 aromatic heterocycles. The van der Waals surface area contributed by atoms with Crippen molar-refractivity contribution in [2.24, 2.45) is 11.8 Å². The number of nitrogens with one attached hydrogen (secondary N) is 1. The van der Waals surface area contributed by atoms with Crippen LogP contribution in [0.3, 0.4) is 0 Å². The number of carboxylic acids is 1. The van der Waals surface area contributed by atoms with Gasteiger partial charge in [0, 0.05) is 5.92 Å². The van der Waals surface area contributed by atoms with Gasteiger partial charge in [-0.25, -0.2) is 4.39 Å². The molecule has 0 bridgehead atoms. The van der Waals surface area contributed by atoms with Gasteiger partial charge in [-0.2, -0.15) is 0 Å². The van der Waals surface area contributed by atoms with Crippen molar-refractivity contribution in [2.45, 2.75) is 38.6 Å². The molecule has 0 radical (unpaired) electrons. The molecule has 1 aromatic carbocycles. The van der Waals surface area contributed by atoms with E-state index in [1.807, 2.05) is 0 Å². The second-order valence-electron chi connectivity index (χ2n) is 5.90. The monoisotopic (exact) mass is 327 g/mol. The van der Waals surface area contributed by atoms with E-state index in [0.29, 0.717) is 12.3 Å². The Morgan fingerprint density at radius 3 is 2.82 bits per heavy atom. The Bertz CT molecular complexity index is 579. The molecule has 1 amide bonds. The van der Waals surface area contributed by atoms with Crippen LogP contribution in [-0.4, -0.2) is 23.0 Å². The van der Waals surface area contributed by atoms with Crippen molar-refractivity contribution in [3.05, 3.63) is 34.6 Å². The number of carbonyl (C=O) groups excluding carboxylic acids is 1. The summed E-state index contributed by atoms with van der Waals surface area (Å²) in [7, 11) is 0. The SMILES string of the molecule is C[C@H](NC(=O)[C@@H]1CC[C@@H](Cc2ccc(F)c(Cl)c2)C1)C(=O)O. The molecule has 2 rings (SSSR count).